The molecule has 0 aliphatic heterocycles. The lowest BCUT2D eigenvalue weighted by atomic mass is 9.78. The molecule has 0 radical (unpaired) electrons. The van der Waals surface area contributed by atoms with E-state index in [1.54, 1.807) is 20.8 Å². The van der Waals surface area contributed by atoms with Gasteiger partial charge >= 0.3 is 11.9 Å². The number of carbonyl (C=O) groups is 2. The maximum Gasteiger partial charge on any atom is 0.336 e. The maximum atomic E-state index is 11.6. The first-order valence-electron chi connectivity index (χ1n) is 10.7. The molecule has 6 nitrogen and oxygen atoms in total. The highest BCUT2D eigenvalue weighted by molar-refractivity contribution is 5.87. The first-order valence-corrected chi connectivity index (χ1v) is 10.7. The Bertz CT molecular complexity index is 986. The molecular weight excluding hydrogens is 420 g/mol. The molecule has 0 heterocycles. The van der Waals surface area contributed by atoms with Gasteiger partial charge in [0.15, 0.2) is 0 Å². The van der Waals surface area contributed by atoms with Gasteiger partial charge in [0.25, 0.3) is 0 Å². The van der Waals surface area contributed by atoms with Crippen LogP contribution in [0.25, 0.3) is 0 Å². The molecule has 0 aliphatic carbocycles. The monoisotopic (exact) mass is 452 g/mol. The highest BCUT2D eigenvalue weighted by atomic mass is 16.7. The zero-order valence-corrected chi connectivity index (χ0v) is 20.0. The molecule has 0 saturated heterocycles. The van der Waals surface area contributed by atoms with Gasteiger partial charge in [0.05, 0.1) is 0 Å². The van der Waals surface area contributed by atoms with Gasteiger partial charge in [0, 0.05) is 23.5 Å². The van der Waals surface area contributed by atoms with Crippen molar-refractivity contribution in [2.45, 2.75) is 46.3 Å². The van der Waals surface area contributed by atoms with Gasteiger partial charge in [0.2, 0.25) is 6.29 Å². The Hall–Kier alpha value is -3.54. The molecule has 0 amide bonds. The van der Waals surface area contributed by atoms with Crippen molar-refractivity contribution in [1.82, 2.24) is 0 Å². The Morgan fingerprint density at radius 1 is 0.818 bits per heavy atom. The molecule has 2 aromatic carbocycles. The van der Waals surface area contributed by atoms with Gasteiger partial charge in [0.1, 0.15) is 24.7 Å². The van der Waals surface area contributed by atoms with Crippen molar-refractivity contribution >= 4 is 11.9 Å². The van der Waals surface area contributed by atoms with Gasteiger partial charge in [-0.15, -0.1) is 0 Å². The van der Waals surface area contributed by atoms with Crippen molar-refractivity contribution < 1.29 is 28.5 Å². The number of hydrogen-bond donors (Lipinski definition) is 0. The molecule has 0 aliphatic rings. The van der Waals surface area contributed by atoms with Crippen LogP contribution in [0.5, 0.6) is 11.5 Å². The third kappa shape index (κ3) is 7.52. The minimum Gasteiger partial charge on any atom is -0.490 e. The molecule has 6 heteroatoms. The van der Waals surface area contributed by atoms with Gasteiger partial charge in [-0.3, -0.25) is 0 Å². The number of carbonyl (C=O) groups excluding carboxylic acids is 2. The van der Waals surface area contributed by atoms with Crippen LogP contribution < -0.4 is 9.47 Å². The summed E-state index contributed by atoms with van der Waals surface area (Å²) in [6.45, 7) is 16.6. The van der Waals surface area contributed by atoms with Crippen molar-refractivity contribution in [1.29, 1.82) is 0 Å². The van der Waals surface area contributed by atoms with Crippen LogP contribution in [0.15, 0.2) is 72.8 Å². The lowest BCUT2D eigenvalue weighted by Gasteiger charge is -2.26. The number of esters is 2. The van der Waals surface area contributed by atoms with Crippen LogP contribution in [-0.2, 0) is 24.5 Å². The van der Waals surface area contributed by atoms with Crippen LogP contribution in [0, 0.1) is 0 Å². The molecule has 176 valence electrons. The molecule has 33 heavy (non-hydrogen) atoms. The summed E-state index contributed by atoms with van der Waals surface area (Å²) in [6.07, 6.45) is -0.718. The Morgan fingerprint density at radius 2 is 1.30 bits per heavy atom. The van der Waals surface area contributed by atoms with E-state index in [0.717, 1.165) is 11.1 Å². The number of benzene rings is 2. The van der Waals surface area contributed by atoms with E-state index in [0.29, 0.717) is 22.6 Å². The van der Waals surface area contributed by atoms with Gasteiger partial charge in [-0.05, 0) is 49.2 Å². The second-order valence-corrected chi connectivity index (χ2v) is 8.31. The van der Waals surface area contributed by atoms with Crippen LogP contribution in [0.2, 0.25) is 0 Å². The summed E-state index contributed by atoms with van der Waals surface area (Å²) in [5.74, 6) is 0.394. The fourth-order valence-electron chi connectivity index (χ4n) is 2.97. The summed E-state index contributed by atoms with van der Waals surface area (Å²) in [6, 6.07) is 15.5. The zero-order valence-electron chi connectivity index (χ0n) is 20.0. The standard InChI is InChI=1S/C27H32O6/c1-18(2)25(28)31-17-16-30-23-12-8-21(9-13-23)27(6,7)22-10-14-24(15-11-22)32-20(5)33-26(29)19(3)4/h8-15,20H,1,3,16-17H2,2,4-7H3. The summed E-state index contributed by atoms with van der Waals surface area (Å²) in [5.41, 5.74) is 2.64. The summed E-state index contributed by atoms with van der Waals surface area (Å²) < 4.78 is 21.5. The SMILES string of the molecule is C=C(C)C(=O)OCCOc1ccc(C(C)(C)c2ccc(OC(C)OC(=O)C(=C)C)cc2)cc1. The number of rotatable bonds is 11. The molecule has 0 N–H and O–H groups in total. The van der Waals surface area contributed by atoms with Crippen LogP contribution in [0.3, 0.4) is 0 Å². The minimum atomic E-state index is -0.718. The fourth-order valence-corrected chi connectivity index (χ4v) is 2.97. The molecule has 0 bridgehead atoms. The average Bonchev–Trinajstić information content (AvgIpc) is 2.77. The first-order chi connectivity index (χ1) is 15.5. The van der Waals surface area contributed by atoms with Crippen LogP contribution in [-0.4, -0.2) is 31.4 Å². The van der Waals surface area contributed by atoms with E-state index in [-0.39, 0.29) is 18.6 Å². The molecule has 0 aromatic heterocycles. The van der Waals surface area contributed by atoms with Gasteiger partial charge in [-0.1, -0.05) is 51.3 Å². The second kappa shape index (κ2) is 11.4. The van der Waals surface area contributed by atoms with Crippen molar-refractivity contribution in [2.24, 2.45) is 0 Å². The third-order valence-electron chi connectivity index (χ3n) is 5.01. The van der Waals surface area contributed by atoms with Crippen molar-refractivity contribution in [3.63, 3.8) is 0 Å². The van der Waals surface area contributed by atoms with E-state index in [2.05, 4.69) is 27.0 Å². The highest BCUT2D eigenvalue weighted by Gasteiger charge is 2.23. The quantitative estimate of drug-likeness (QED) is 0.198. The third-order valence-corrected chi connectivity index (χ3v) is 5.01. The van der Waals surface area contributed by atoms with Crippen LogP contribution in [0.1, 0.15) is 45.7 Å². The minimum absolute atomic E-state index is 0.165. The first kappa shape index (κ1) is 25.7. The number of ether oxygens (including phenoxy) is 4. The van der Waals surface area contributed by atoms with E-state index in [9.17, 15) is 9.59 Å². The molecule has 1 atom stereocenters. The average molecular weight is 453 g/mol. The van der Waals surface area contributed by atoms with Crippen molar-refractivity contribution in [3.8, 4) is 11.5 Å². The second-order valence-electron chi connectivity index (χ2n) is 8.31. The van der Waals surface area contributed by atoms with E-state index >= 15 is 0 Å². The van der Waals surface area contributed by atoms with Crippen molar-refractivity contribution in [3.05, 3.63) is 84.0 Å². The molecule has 0 saturated carbocycles. The van der Waals surface area contributed by atoms with Crippen LogP contribution in [0.4, 0.5) is 0 Å². The van der Waals surface area contributed by atoms with E-state index < -0.39 is 18.2 Å². The molecule has 0 fully saturated rings. The maximum absolute atomic E-state index is 11.6. The Balaban J connectivity index is 1.95. The molecular formula is C27H32O6. The Kier molecular flexibility index (Phi) is 8.85. The number of hydrogen-bond acceptors (Lipinski definition) is 6. The fraction of sp³-hybridized carbons (Fsp3) is 0.333. The van der Waals surface area contributed by atoms with E-state index in [1.165, 1.54) is 0 Å². The largest absolute Gasteiger partial charge is 0.490 e. The normalized spacial score (nSPS) is 11.8. The van der Waals surface area contributed by atoms with Gasteiger partial charge in [-0.2, -0.15) is 0 Å². The summed E-state index contributed by atoms with van der Waals surface area (Å²) in [7, 11) is 0. The van der Waals surface area contributed by atoms with Gasteiger partial charge in [-0.25, -0.2) is 9.59 Å². The lowest BCUT2D eigenvalue weighted by Crippen LogP contribution is -2.21. The molecule has 1 unspecified atom stereocenters. The predicted octanol–water partition coefficient (Wildman–Crippen LogP) is 5.35. The van der Waals surface area contributed by atoms with Crippen molar-refractivity contribution in [2.75, 3.05) is 13.2 Å². The Labute approximate surface area is 195 Å². The van der Waals surface area contributed by atoms with E-state index in [1.807, 2.05) is 48.5 Å². The summed E-state index contributed by atoms with van der Waals surface area (Å²) >= 11 is 0. The van der Waals surface area contributed by atoms with Crippen LogP contribution >= 0.6 is 0 Å². The van der Waals surface area contributed by atoms with Gasteiger partial charge < -0.3 is 18.9 Å². The summed E-state index contributed by atoms with van der Waals surface area (Å²) in [5, 5.41) is 0. The highest BCUT2D eigenvalue weighted by Crippen LogP contribution is 2.33. The lowest BCUT2D eigenvalue weighted by molar-refractivity contribution is -0.156. The Morgan fingerprint density at radius 3 is 1.79 bits per heavy atom. The smallest absolute Gasteiger partial charge is 0.336 e. The molecule has 2 aromatic rings. The van der Waals surface area contributed by atoms with E-state index in [4.69, 9.17) is 18.9 Å². The topological polar surface area (TPSA) is 71.1 Å². The predicted molar refractivity (Wildman–Crippen MR) is 127 cm³/mol. The summed E-state index contributed by atoms with van der Waals surface area (Å²) in [4.78, 5) is 23.0. The zero-order chi connectivity index (χ0) is 24.6. The molecule has 0 spiro atoms. The molecule has 2 rings (SSSR count).